The van der Waals surface area contributed by atoms with Gasteiger partial charge in [0.2, 0.25) is 0 Å². The Labute approximate surface area is 161 Å². The summed E-state index contributed by atoms with van der Waals surface area (Å²) in [6, 6.07) is 12.9. The highest BCUT2D eigenvalue weighted by Gasteiger charge is 2.18. The predicted octanol–water partition coefficient (Wildman–Crippen LogP) is 3.19. The van der Waals surface area contributed by atoms with Gasteiger partial charge < -0.3 is 4.74 Å². The maximum absolute atomic E-state index is 12.6. The van der Waals surface area contributed by atoms with E-state index in [2.05, 4.69) is 14.7 Å². The summed E-state index contributed by atoms with van der Waals surface area (Å²) in [7, 11) is -3.91. The number of halogens is 1. The number of carbonyl (C=O) groups is 1. The molecule has 0 fully saturated rings. The topological polar surface area (TPSA) is 98.2 Å². The number of hydrogen-bond acceptors (Lipinski definition) is 6. The fraction of sp³-hybridized carbons (Fsp3) is 0.167. The summed E-state index contributed by atoms with van der Waals surface area (Å²) in [5.41, 5.74) is 1.73. The first-order valence-corrected chi connectivity index (χ1v) is 9.95. The Morgan fingerprint density at radius 3 is 2.33 bits per heavy atom. The molecule has 0 atom stereocenters. The molecule has 1 N–H and O–H groups in total. The highest BCUT2D eigenvalue weighted by atomic mass is 35.5. The minimum absolute atomic E-state index is 0.0149. The summed E-state index contributed by atoms with van der Waals surface area (Å²) >= 11 is 6.06. The fourth-order valence-electron chi connectivity index (χ4n) is 2.39. The van der Waals surface area contributed by atoms with Gasteiger partial charge in [-0.2, -0.15) is 0 Å². The normalized spacial score (nSPS) is 11.3. The number of fused-ring (bicyclic) bond motifs is 1. The summed E-state index contributed by atoms with van der Waals surface area (Å²) in [5, 5.41) is -0.0452. The summed E-state index contributed by atoms with van der Waals surface area (Å²) in [4.78, 5) is 19.9. The van der Waals surface area contributed by atoms with Crippen molar-refractivity contribution >= 4 is 44.4 Å². The SMILES string of the molecule is CCOC(=O)Cc1ccc(S(=O)(=O)Nc2nc3ccccc3nc2Cl)cc1. The first kappa shape index (κ1) is 19.1. The van der Waals surface area contributed by atoms with Crippen molar-refractivity contribution in [1.29, 1.82) is 0 Å². The van der Waals surface area contributed by atoms with Crippen LogP contribution < -0.4 is 4.72 Å². The molecule has 7 nitrogen and oxygen atoms in total. The number of carbonyl (C=O) groups excluding carboxylic acids is 1. The lowest BCUT2D eigenvalue weighted by Crippen LogP contribution is -2.15. The van der Waals surface area contributed by atoms with Gasteiger partial charge in [-0.25, -0.2) is 18.4 Å². The van der Waals surface area contributed by atoms with E-state index in [1.807, 2.05) is 0 Å². The van der Waals surface area contributed by atoms with Crippen LogP contribution in [0.1, 0.15) is 12.5 Å². The lowest BCUT2D eigenvalue weighted by Gasteiger charge is -2.10. The zero-order valence-corrected chi connectivity index (χ0v) is 15.9. The Morgan fingerprint density at radius 1 is 1.07 bits per heavy atom. The molecule has 1 heterocycles. The molecule has 0 aliphatic rings. The summed E-state index contributed by atoms with van der Waals surface area (Å²) in [6.45, 7) is 2.02. The van der Waals surface area contributed by atoms with Gasteiger partial charge in [0.25, 0.3) is 10.0 Å². The van der Waals surface area contributed by atoms with Crippen LogP contribution in [0, 0.1) is 0 Å². The second kappa shape index (κ2) is 7.89. The molecule has 3 aromatic rings. The van der Waals surface area contributed by atoms with E-state index >= 15 is 0 Å². The van der Waals surface area contributed by atoms with E-state index in [0.29, 0.717) is 23.2 Å². The lowest BCUT2D eigenvalue weighted by molar-refractivity contribution is -0.142. The predicted molar refractivity (Wildman–Crippen MR) is 102 cm³/mol. The molecule has 3 rings (SSSR count). The summed E-state index contributed by atoms with van der Waals surface area (Å²) < 4.78 is 32.4. The highest BCUT2D eigenvalue weighted by Crippen LogP contribution is 2.24. The Balaban J connectivity index is 1.82. The molecule has 0 bridgehead atoms. The number of rotatable bonds is 6. The molecule has 0 spiro atoms. The Bertz CT molecular complexity index is 1090. The molecule has 0 radical (unpaired) electrons. The molecule has 9 heteroatoms. The number of benzene rings is 2. The number of aromatic nitrogens is 2. The lowest BCUT2D eigenvalue weighted by atomic mass is 10.1. The maximum Gasteiger partial charge on any atom is 0.310 e. The van der Waals surface area contributed by atoms with Crippen LogP contribution in [0.4, 0.5) is 5.82 Å². The maximum atomic E-state index is 12.6. The molecule has 0 aliphatic carbocycles. The van der Waals surface area contributed by atoms with Crippen LogP contribution in [-0.2, 0) is 26.0 Å². The number of esters is 1. The van der Waals surface area contributed by atoms with Crippen molar-refractivity contribution in [3.63, 3.8) is 0 Å². The van der Waals surface area contributed by atoms with Crippen molar-refractivity contribution < 1.29 is 17.9 Å². The van der Waals surface area contributed by atoms with E-state index in [4.69, 9.17) is 16.3 Å². The van der Waals surface area contributed by atoms with Crippen LogP contribution in [-0.4, -0.2) is 31.0 Å². The van der Waals surface area contributed by atoms with Gasteiger partial charge in [0.15, 0.2) is 11.0 Å². The second-order valence-electron chi connectivity index (χ2n) is 5.58. The van der Waals surface area contributed by atoms with Gasteiger partial charge >= 0.3 is 5.97 Å². The Morgan fingerprint density at radius 2 is 1.70 bits per heavy atom. The molecular weight excluding hydrogens is 390 g/mol. The molecule has 2 aromatic carbocycles. The molecule has 27 heavy (non-hydrogen) atoms. The van der Waals surface area contributed by atoms with Gasteiger partial charge in [-0.15, -0.1) is 0 Å². The molecule has 0 aliphatic heterocycles. The van der Waals surface area contributed by atoms with Gasteiger partial charge in [-0.3, -0.25) is 9.52 Å². The van der Waals surface area contributed by atoms with Crippen LogP contribution in [0.3, 0.4) is 0 Å². The zero-order chi connectivity index (χ0) is 19.4. The number of sulfonamides is 1. The van der Waals surface area contributed by atoms with Crippen LogP contribution in [0.5, 0.6) is 0 Å². The Hall–Kier alpha value is -2.71. The summed E-state index contributed by atoms with van der Waals surface area (Å²) in [5.74, 6) is -0.421. The van der Waals surface area contributed by atoms with Crippen molar-refractivity contribution in [3.8, 4) is 0 Å². The van der Waals surface area contributed by atoms with E-state index in [-0.39, 0.29) is 28.3 Å². The molecule has 0 saturated heterocycles. The minimum atomic E-state index is -3.91. The Kier molecular flexibility index (Phi) is 5.57. The van der Waals surface area contributed by atoms with Crippen molar-refractivity contribution in [2.75, 3.05) is 11.3 Å². The molecular formula is C18H16ClN3O4S. The molecule has 140 valence electrons. The number of hydrogen-bond donors (Lipinski definition) is 1. The zero-order valence-electron chi connectivity index (χ0n) is 14.3. The first-order valence-electron chi connectivity index (χ1n) is 8.08. The van der Waals surface area contributed by atoms with Crippen LogP contribution in [0.25, 0.3) is 11.0 Å². The van der Waals surface area contributed by atoms with Crippen LogP contribution in [0.15, 0.2) is 53.4 Å². The number of anilines is 1. The quantitative estimate of drug-likeness (QED) is 0.632. The standard InChI is InChI=1S/C18H16ClN3O4S/c1-2-26-16(23)11-12-7-9-13(10-8-12)27(24,25)22-18-17(19)20-14-5-3-4-6-15(14)21-18/h3-10H,2,11H2,1H3,(H,21,22). The monoisotopic (exact) mass is 405 g/mol. The fourth-order valence-corrected chi connectivity index (χ4v) is 3.64. The van der Waals surface area contributed by atoms with Gasteiger partial charge in [-0.05, 0) is 36.8 Å². The van der Waals surface area contributed by atoms with E-state index in [9.17, 15) is 13.2 Å². The number of nitrogens with zero attached hydrogens (tertiary/aromatic N) is 2. The molecule has 1 aromatic heterocycles. The minimum Gasteiger partial charge on any atom is -0.466 e. The van der Waals surface area contributed by atoms with Crippen molar-refractivity contribution in [2.24, 2.45) is 0 Å². The average Bonchev–Trinajstić information content (AvgIpc) is 2.63. The largest absolute Gasteiger partial charge is 0.466 e. The van der Waals surface area contributed by atoms with E-state index in [0.717, 1.165) is 0 Å². The van der Waals surface area contributed by atoms with E-state index in [1.165, 1.54) is 12.1 Å². The van der Waals surface area contributed by atoms with Gasteiger partial charge in [0.1, 0.15) is 0 Å². The highest BCUT2D eigenvalue weighted by molar-refractivity contribution is 7.92. The van der Waals surface area contributed by atoms with E-state index in [1.54, 1.807) is 43.3 Å². The van der Waals surface area contributed by atoms with Crippen molar-refractivity contribution in [2.45, 2.75) is 18.2 Å². The average molecular weight is 406 g/mol. The third-order valence-electron chi connectivity index (χ3n) is 3.65. The smallest absolute Gasteiger partial charge is 0.310 e. The first-order chi connectivity index (χ1) is 12.9. The van der Waals surface area contributed by atoms with E-state index < -0.39 is 10.0 Å². The van der Waals surface area contributed by atoms with Gasteiger partial charge in [0, 0.05) is 0 Å². The van der Waals surface area contributed by atoms with Gasteiger partial charge in [-0.1, -0.05) is 35.9 Å². The number of para-hydroxylation sites is 2. The molecule has 0 saturated carbocycles. The molecule has 0 amide bonds. The van der Waals surface area contributed by atoms with Crippen LogP contribution in [0.2, 0.25) is 5.15 Å². The summed E-state index contributed by atoms with van der Waals surface area (Å²) in [6.07, 6.45) is 0.0730. The van der Waals surface area contributed by atoms with Crippen LogP contribution >= 0.6 is 11.6 Å². The van der Waals surface area contributed by atoms with Crippen molar-refractivity contribution in [1.82, 2.24) is 9.97 Å². The third-order valence-corrected chi connectivity index (χ3v) is 5.26. The number of ether oxygens (including phenoxy) is 1. The molecule has 0 unspecified atom stereocenters. The second-order valence-corrected chi connectivity index (χ2v) is 7.62. The van der Waals surface area contributed by atoms with Crippen molar-refractivity contribution in [3.05, 3.63) is 59.2 Å². The number of nitrogens with one attached hydrogen (secondary N) is 1. The van der Waals surface area contributed by atoms with Gasteiger partial charge in [0.05, 0.1) is 29.0 Å². The third kappa shape index (κ3) is 4.53.